The van der Waals surface area contributed by atoms with Gasteiger partial charge in [0.05, 0.1) is 7.11 Å². The van der Waals surface area contributed by atoms with Crippen molar-refractivity contribution in [1.82, 2.24) is 0 Å². The van der Waals surface area contributed by atoms with Crippen molar-refractivity contribution in [3.8, 4) is 17.8 Å². The van der Waals surface area contributed by atoms with Crippen LogP contribution < -0.4 is 61.2 Å². The third-order valence-corrected chi connectivity index (χ3v) is 1.29. The van der Waals surface area contributed by atoms with E-state index in [1.54, 1.807) is 37.5 Å². The molecule has 2 nitrogen and oxygen atoms in total. The molecule has 0 aliphatic rings. The van der Waals surface area contributed by atoms with Crippen molar-refractivity contribution in [3.63, 3.8) is 0 Å². The maximum atomic E-state index is 9.86. The molecule has 0 aliphatic heterocycles. The smallest absolute Gasteiger partial charge is 0.833 e. The minimum Gasteiger partial charge on any atom is -0.833 e. The van der Waals surface area contributed by atoms with Crippen molar-refractivity contribution in [2.75, 3.05) is 7.11 Å². The maximum absolute atomic E-state index is 9.86. The Morgan fingerprint density at radius 3 is 2.25 bits per heavy atom. The summed E-state index contributed by atoms with van der Waals surface area (Å²) in [5.74, 6) is 3.16. The average Bonchev–Trinajstić information content (AvgIpc) is 2.07. The zero-order valence-electron chi connectivity index (χ0n) is 7.13. The predicted molar refractivity (Wildman–Crippen MR) is 39.9 cm³/mol. The summed E-state index contributed by atoms with van der Waals surface area (Å²) >= 11 is 0. The Morgan fingerprint density at radius 1 is 1.25 bits per heavy atom. The molecule has 0 atom stereocenters. The van der Waals surface area contributed by atoms with Gasteiger partial charge in [0.15, 0.2) is 0 Å². The Hall–Kier alpha value is 0.0164. The molecule has 3 heteroatoms. The molecule has 1 rings (SSSR count). The predicted octanol–water partition coefficient (Wildman–Crippen LogP) is -2.63. The fourth-order valence-electron chi connectivity index (χ4n) is 0.733. The summed E-state index contributed by atoms with van der Waals surface area (Å²) in [7, 11) is 1.59. The second-order valence-electron chi connectivity index (χ2n) is 1.96. The van der Waals surface area contributed by atoms with Gasteiger partial charge >= 0.3 is 51.4 Å². The molecule has 1 aromatic carbocycles. The zero-order valence-corrected chi connectivity index (χ0v) is 10.2. The molecule has 0 N–H and O–H groups in total. The minimum atomic E-state index is 0. The standard InChI is InChI=1S/C9H8O2.K/c1-11-9-4-2-8(3-5-9)6-7-10;/h2-5,10H,1H3;/q;+1/p-1. The van der Waals surface area contributed by atoms with Crippen molar-refractivity contribution >= 4 is 0 Å². The molecule has 0 fully saturated rings. The van der Waals surface area contributed by atoms with Crippen LogP contribution in [0.3, 0.4) is 0 Å². The van der Waals surface area contributed by atoms with E-state index in [0.29, 0.717) is 5.56 Å². The molecular formula is C9H7KO2. The molecule has 0 amide bonds. The summed E-state index contributed by atoms with van der Waals surface area (Å²) in [4.78, 5) is 0. The normalized spacial score (nSPS) is 7.42. The third kappa shape index (κ3) is 3.61. The number of methoxy groups -OCH3 is 1. The van der Waals surface area contributed by atoms with E-state index < -0.39 is 0 Å². The first-order valence-corrected chi connectivity index (χ1v) is 3.14. The Bertz CT molecular complexity index is 282. The molecule has 0 bridgehead atoms. The van der Waals surface area contributed by atoms with Crippen molar-refractivity contribution < 1.29 is 61.2 Å². The van der Waals surface area contributed by atoms with Gasteiger partial charge in [-0.1, -0.05) is 5.92 Å². The summed E-state index contributed by atoms with van der Waals surface area (Å²) in [6.45, 7) is 0. The van der Waals surface area contributed by atoms with Gasteiger partial charge in [-0.05, 0) is 24.3 Å². The van der Waals surface area contributed by atoms with E-state index in [1.165, 1.54) is 0 Å². The fraction of sp³-hybridized carbons (Fsp3) is 0.111. The molecule has 0 unspecified atom stereocenters. The number of benzene rings is 1. The molecule has 56 valence electrons. The molecule has 0 radical (unpaired) electrons. The van der Waals surface area contributed by atoms with Gasteiger partial charge in [-0.3, -0.25) is 0 Å². The largest absolute Gasteiger partial charge is 1.00 e. The Kier molecular flexibility index (Phi) is 6.53. The molecule has 0 saturated heterocycles. The van der Waals surface area contributed by atoms with E-state index in [2.05, 4.69) is 5.92 Å². The summed E-state index contributed by atoms with van der Waals surface area (Å²) in [6, 6.07) is 7.01. The van der Waals surface area contributed by atoms with Crippen LogP contribution in [0.25, 0.3) is 0 Å². The van der Waals surface area contributed by atoms with Gasteiger partial charge in [0.1, 0.15) is 5.75 Å². The first kappa shape index (κ1) is 12.0. The van der Waals surface area contributed by atoms with Crippen LogP contribution in [0.1, 0.15) is 5.56 Å². The fourth-order valence-corrected chi connectivity index (χ4v) is 0.733. The summed E-state index contributed by atoms with van der Waals surface area (Å²) in [5.41, 5.74) is 0.709. The van der Waals surface area contributed by atoms with Crippen LogP contribution in [0, 0.1) is 12.0 Å². The van der Waals surface area contributed by atoms with Crippen LogP contribution in [0.5, 0.6) is 5.75 Å². The van der Waals surface area contributed by atoms with E-state index in [4.69, 9.17) is 4.74 Å². The van der Waals surface area contributed by atoms with Crippen molar-refractivity contribution in [3.05, 3.63) is 29.8 Å². The van der Waals surface area contributed by atoms with Crippen LogP contribution in [0.2, 0.25) is 0 Å². The molecule has 0 saturated carbocycles. The van der Waals surface area contributed by atoms with Gasteiger partial charge in [0.2, 0.25) is 0 Å². The number of hydrogen-bond acceptors (Lipinski definition) is 2. The van der Waals surface area contributed by atoms with Gasteiger partial charge in [-0.25, -0.2) is 0 Å². The quantitative estimate of drug-likeness (QED) is 0.355. The Morgan fingerprint density at radius 2 is 1.83 bits per heavy atom. The summed E-state index contributed by atoms with van der Waals surface area (Å²) in [5, 5.41) is 9.86. The molecule has 0 aliphatic carbocycles. The zero-order chi connectivity index (χ0) is 8.10. The van der Waals surface area contributed by atoms with Crippen LogP contribution in [-0.4, -0.2) is 7.11 Å². The maximum Gasteiger partial charge on any atom is 1.00 e. The molecule has 0 aromatic heterocycles. The van der Waals surface area contributed by atoms with Crippen LogP contribution in [-0.2, 0) is 0 Å². The van der Waals surface area contributed by atoms with Crippen molar-refractivity contribution in [1.29, 1.82) is 0 Å². The van der Waals surface area contributed by atoms with Crippen LogP contribution in [0.4, 0.5) is 0 Å². The van der Waals surface area contributed by atoms with Gasteiger partial charge in [-0.15, -0.1) is 0 Å². The molecular weight excluding hydrogens is 179 g/mol. The topological polar surface area (TPSA) is 32.3 Å². The van der Waals surface area contributed by atoms with Crippen LogP contribution >= 0.6 is 0 Å². The Labute approximate surface area is 114 Å². The number of hydrogen-bond donors (Lipinski definition) is 0. The van der Waals surface area contributed by atoms with E-state index in [1.807, 2.05) is 0 Å². The number of rotatable bonds is 1. The van der Waals surface area contributed by atoms with Crippen LogP contribution in [0.15, 0.2) is 24.3 Å². The van der Waals surface area contributed by atoms with Gasteiger partial charge < -0.3 is 9.84 Å². The molecule has 1 aromatic rings. The Balaban J connectivity index is 0.00000121. The van der Waals surface area contributed by atoms with E-state index >= 15 is 0 Å². The first-order valence-electron chi connectivity index (χ1n) is 3.14. The molecule has 0 spiro atoms. The van der Waals surface area contributed by atoms with Gasteiger partial charge in [0.25, 0.3) is 0 Å². The monoisotopic (exact) mass is 186 g/mol. The van der Waals surface area contributed by atoms with Crippen molar-refractivity contribution in [2.24, 2.45) is 0 Å². The van der Waals surface area contributed by atoms with E-state index in [-0.39, 0.29) is 51.4 Å². The van der Waals surface area contributed by atoms with E-state index in [0.717, 1.165) is 5.75 Å². The molecule has 0 heterocycles. The number of ether oxygens (including phenoxy) is 1. The second kappa shape index (κ2) is 6.52. The summed E-state index contributed by atoms with van der Waals surface area (Å²) < 4.78 is 4.92. The second-order valence-corrected chi connectivity index (χ2v) is 1.96. The first-order chi connectivity index (χ1) is 5.36. The van der Waals surface area contributed by atoms with Gasteiger partial charge in [-0.2, -0.15) is 6.11 Å². The summed E-state index contributed by atoms with van der Waals surface area (Å²) in [6.07, 6.45) is 1.58. The minimum absolute atomic E-state index is 0. The molecule has 12 heavy (non-hydrogen) atoms. The van der Waals surface area contributed by atoms with Gasteiger partial charge in [0, 0.05) is 5.56 Å². The van der Waals surface area contributed by atoms with E-state index in [9.17, 15) is 5.11 Å². The average molecular weight is 186 g/mol. The third-order valence-electron chi connectivity index (χ3n) is 1.29. The van der Waals surface area contributed by atoms with Crippen molar-refractivity contribution in [2.45, 2.75) is 0 Å². The SMILES string of the molecule is COc1ccc(C#C[O-])cc1.[K+].